The van der Waals surface area contributed by atoms with Gasteiger partial charge in [0.2, 0.25) is 0 Å². The van der Waals surface area contributed by atoms with Crippen LogP contribution in [0.2, 0.25) is 0 Å². The minimum Gasteiger partial charge on any atom is -0.423 e. The number of nitro benzene ring substituents is 1. The highest BCUT2D eigenvalue weighted by molar-refractivity contribution is 5.94. The van der Waals surface area contributed by atoms with Gasteiger partial charge in [-0.15, -0.1) is 0 Å². The lowest BCUT2D eigenvalue weighted by atomic mass is 10.1. The monoisotopic (exact) mass is 299 g/mol. The Balaban J connectivity index is 2.20. The summed E-state index contributed by atoms with van der Waals surface area (Å²) in [4.78, 5) is 33.5. The Morgan fingerprint density at radius 2 is 1.64 bits per heavy atom. The molecule has 22 heavy (non-hydrogen) atoms. The number of nitro groups is 1. The van der Waals surface area contributed by atoms with Crippen LogP contribution < -0.4 is 4.74 Å². The van der Waals surface area contributed by atoms with Crippen molar-refractivity contribution in [1.82, 2.24) is 0 Å². The van der Waals surface area contributed by atoms with Gasteiger partial charge in [-0.3, -0.25) is 14.9 Å². The van der Waals surface area contributed by atoms with Crippen LogP contribution in [0.15, 0.2) is 42.5 Å². The molecule has 0 amide bonds. The number of carbonyl (C=O) groups excluding carboxylic acids is 2. The first-order valence-corrected chi connectivity index (χ1v) is 6.46. The Hall–Kier alpha value is -3.02. The van der Waals surface area contributed by atoms with Gasteiger partial charge in [-0.1, -0.05) is 6.07 Å². The molecule has 0 heterocycles. The van der Waals surface area contributed by atoms with Crippen molar-refractivity contribution < 1.29 is 19.2 Å². The van der Waals surface area contributed by atoms with E-state index in [2.05, 4.69) is 0 Å². The topological polar surface area (TPSA) is 86.5 Å². The first kappa shape index (κ1) is 15.4. The summed E-state index contributed by atoms with van der Waals surface area (Å²) in [5.41, 5.74) is 0.924. The average molecular weight is 299 g/mol. The highest BCUT2D eigenvalue weighted by Crippen LogP contribution is 2.21. The van der Waals surface area contributed by atoms with Crippen molar-refractivity contribution in [2.75, 3.05) is 0 Å². The molecular formula is C16H13NO5. The Labute approximate surface area is 126 Å². The fourth-order valence-electron chi connectivity index (χ4n) is 1.86. The molecule has 6 nitrogen and oxygen atoms in total. The third-order valence-corrected chi connectivity index (χ3v) is 3.11. The van der Waals surface area contributed by atoms with Gasteiger partial charge in [-0.05, 0) is 44.2 Å². The molecule has 0 bridgehead atoms. The fourth-order valence-corrected chi connectivity index (χ4v) is 1.86. The summed E-state index contributed by atoms with van der Waals surface area (Å²) in [6.07, 6.45) is 0. The molecule has 0 aliphatic carbocycles. The van der Waals surface area contributed by atoms with Crippen molar-refractivity contribution in [3.63, 3.8) is 0 Å². The van der Waals surface area contributed by atoms with Crippen molar-refractivity contribution in [3.05, 3.63) is 69.3 Å². The van der Waals surface area contributed by atoms with Crippen LogP contribution in [0.25, 0.3) is 0 Å². The Morgan fingerprint density at radius 1 is 1.05 bits per heavy atom. The minimum atomic E-state index is -0.696. The minimum absolute atomic E-state index is 0.0907. The number of benzene rings is 2. The van der Waals surface area contributed by atoms with Gasteiger partial charge in [-0.25, -0.2) is 4.79 Å². The van der Waals surface area contributed by atoms with E-state index >= 15 is 0 Å². The second-order valence-corrected chi connectivity index (χ2v) is 4.73. The molecule has 0 saturated heterocycles. The zero-order chi connectivity index (χ0) is 16.3. The van der Waals surface area contributed by atoms with Gasteiger partial charge in [0.25, 0.3) is 5.69 Å². The number of hydrogen-bond donors (Lipinski definition) is 0. The average Bonchev–Trinajstić information content (AvgIpc) is 2.47. The lowest BCUT2D eigenvalue weighted by molar-refractivity contribution is -0.385. The number of ketones is 1. The van der Waals surface area contributed by atoms with Gasteiger partial charge in [0, 0.05) is 17.2 Å². The number of Topliss-reactive ketones (excluding diaryl/α,β-unsaturated/α-hetero) is 1. The van der Waals surface area contributed by atoms with E-state index in [0.717, 1.165) is 0 Å². The summed E-state index contributed by atoms with van der Waals surface area (Å²) in [5, 5.41) is 10.9. The number of rotatable bonds is 4. The lowest BCUT2D eigenvalue weighted by Crippen LogP contribution is -2.09. The van der Waals surface area contributed by atoms with Crippen molar-refractivity contribution in [1.29, 1.82) is 0 Å². The molecule has 6 heteroatoms. The Morgan fingerprint density at radius 3 is 2.18 bits per heavy atom. The number of esters is 1. The van der Waals surface area contributed by atoms with Gasteiger partial charge < -0.3 is 4.74 Å². The number of ether oxygens (including phenoxy) is 1. The van der Waals surface area contributed by atoms with E-state index in [1.54, 1.807) is 19.1 Å². The van der Waals surface area contributed by atoms with Crippen molar-refractivity contribution in [3.8, 4) is 5.75 Å². The molecule has 0 radical (unpaired) electrons. The van der Waals surface area contributed by atoms with Crippen LogP contribution in [0.4, 0.5) is 5.69 Å². The molecule has 112 valence electrons. The highest BCUT2D eigenvalue weighted by atomic mass is 16.6. The van der Waals surface area contributed by atoms with Crippen molar-refractivity contribution >= 4 is 17.4 Å². The quantitative estimate of drug-likeness (QED) is 0.284. The van der Waals surface area contributed by atoms with Gasteiger partial charge in [-0.2, -0.15) is 0 Å². The third kappa shape index (κ3) is 3.35. The number of carbonyl (C=O) groups is 2. The molecule has 0 unspecified atom stereocenters. The van der Waals surface area contributed by atoms with Crippen LogP contribution in [0.5, 0.6) is 5.75 Å². The summed E-state index contributed by atoms with van der Waals surface area (Å²) >= 11 is 0. The molecule has 0 saturated carbocycles. The normalized spacial score (nSPS) is 10.1. The van der Waals surface area contributed by atoms with E-state index < -0.39 is 10.9 Å². The zero-order valence-electron chi connectivity index (χ0n) is 12.0. The summed E-state index contributed by atoms with van der Waals surface area (Å²) < 4.78 is 5.14. The zero-order valence-corrected chi connectivity index (χ0v) is 12.0. The van der Waals surface area contributed by atoms with E-state index in [1.807, 2.05) is 0 Å². The third-order valence-electron chi connectivity index (χ3n) is 3.11. The number of hydrogen-bond acceptors (Lipinski definition) is 5. The van der Waals surface area contributed by atoms with E-state index in [-0.39, 0.29) is 22.8 Å². The molecule has 0 atom stereocenters. The Bertz CT molecular complexity index is 750. The second kappa shape index (κ2) is 6.17. The summed E-state index contributed by atoms with van der Waals surface area (Å²) in [7, 11) is 0. The van der Waals surface area contributed by atoms with Gasteiger partial charge in [0.1, 0.15) is 5.75 Å². The van der Waals surface area contributed by atoms with Gasteiger partial charge in [0.05, 0.1) is 10.5 Å². The van der Waals surface area contributed by atoms with Crippen LogP contribution in [0.1, 0.15) is 33.2 Å². The molecule has 2 aromatic carbocycles. The first-order chi connectivity index (χ1) is 10.4. The fraction of sp³-hybridized carbons (Fsp3) is 0.125. The SMILES string of the molecule is CC(=O)c1ccc(OC(=O)c2ccc(C)c([N+](=O)[O-])c2)cc1. The summed E-state index contributed by atoms with van der Waals surface area (Å²) in [5.74, 6) is -0.524. The van der Waals surface area contributed by atoms with Crippen LogP contribution in [0, 0.1) is 17.0 Å². The van der Waals surface area contributed by atoms with E-state index in [9.17, 15) is 19.7 Å². The predicted molar refractivity (Wildman–Crippen MR) is 79.2 cm³/mol. The maximum Gasteiger partial charge on any atom is 0.343 e. The lowest BCUT2D eigenvalue weighted by Gasteiger charge is -2.05. The van der Waals surface area contributed by atoms with E-state index in [1.165, 1.54) is 37.3 Å². The molecule has 0 N–H and O–H groups in total. The van der Waals surface area contributed by atoms with Crippen LogP contribution in [-0.2, 0) is 0 Å². The maximum absolute atomic E-state index is 12.0. The van der Waals surface area contributed by atoms with Gasteiger partial charge in [0.15, 0.2) is 5.78 Å². The van der Waals surface area contributed by atoms with Gasteiger partial charge >= 0.3 is 5.97 Å². The molecule has 0 aliphatic rings. The molecule has 0 aliphatic heterocycles. The molecular weight excluding hydrogens is 286 g/mol. The van der Waals surface area contributed by atoms with Crippen molar-refractivity contribution in [2.24, 2.45) is 0 Å². The van der Waals surface area contributed by atoms with E-state index in [4.69, 9.17) is 4.74 Å². The largest absolute Gasteiger partial charge is 0.423 e. The molecule has 0 fully saturated rings. The first-order valence-electron chi connectivity index (χ1n) is 6.46. The van der Waals surface area contributed by atoms with E-state index in [0.29, 0.717) is 11.1 Å². The Kier molecular flexibility index (Phi) is 4.31. The molecule has 2 aromatic rings. The second-order valence-electron chi connectivity index (χ2n) is 4.73. The number of aryl methyl sites for hydroxylation is 1. The van der Waals surface area contributed by atoms with Crippen molar-refractivity contribution in [2.45, 2.75) is 13.8 Å². The standard InChI is InChI=1S/C16H13NO5/c1-10-3-4-13(9-15(10)17(20)21)16(19)22-14-7-5-12(6-8-14)11(2)18/h3-9H,1-2H3. The maximum atomic E-state index is 12.0. The summed E-state index contributed by atoms with van der Waals surface area (Å²) in [6, 6.07) is 10.2. The highest BCUT2D eigenvalue weighted by Gasteiger charge is 2.16. The summed E-state index contributed by atoms with van der Waals surface area (Å²) in [6.45, 7) is 3.03. The number of nitrogens with zero attached hydrogens (tertiary/aromatic N) is 1. The van der Waals surface area contributed by atoms with Crippen LogP contribution in [-0.4, -0.2) is 16.7 Å². The smallest absolute Gasteiger partial charge is 0.343 e. The van der Waals surface area contributed by atoms with Crippen LogP contribution >= 0.6 is 0 Å². The molecule has 0 spiro atoms. The molecule has 0 aromatic heterocycles. The van der Waals surface area contributed by atoms with Crippen LogP contribution in [0.3, 0.4) is 0 Å². The predicted octanol–water partition coefficient (Wildman–Crippen LogP) is 3.33. The molecule has 2 rings (SSSR count).